The molecule has 1 aliphatic heterocycles. The van der Waals surface area contributed by atoms with Crippen LogP contribution in [-0.4, -0.2) is 62.7 Å². The molecule has 0 radical (unpaired) electrons. The van der Waals surface area contributed by atoms with E-state index in [-0.39, 0.29) is 17.6 Å². The molecule has 12 nitrogen and oxygen atoms in total. The molecule has 0 atom stereocenters. The van der Waals surface area contributed by atoms with E-state index in [1.807, 2.05) is 24.3 Å². The number of carbonyl (C=O) groups is 3. The highest BCUT2D eigenvalue weighted by atomic mass is 16.5. The van der Waals surface area contributed by atoms with Crippen LogP contribution in [0.4, 0.5) is 0 Å². The maximum atomic E-state index is 12.4. The standard InChI is InChI=1S/C25H24N6O2.C4H4O4/c26-15-19-1-3-21(4-2-19)17-31-13-10-18(11-14-31)9-12-28-24(32)23-29-25(33-30-23)22-7-5-20(16-27)6-8-22;5-3(6)1-2-4(7)8/h1-8,18H,9-14,17H2,(H,28,32);1-2H,(H,5,6)(H,7,8). The van der Waals surface area contributed by atoms with E-state index in [0.29, 0.717) is 41.3 Å². The van der Waals surface area contributed by atoms with Crippen molar-refractivity contribution < 1.29 is 29.1 Å². The van der Waals surface area contributed by atoms with Gasteiger partial charge in [0.2, 0.25) is 0 Å². The van der Waals surface area contributed by atoms with E-state index >= 15 is 0 Å². The van der Waals surface area contributed by atoms with Crippen LogP contribution in [0.1, 0.15) is 46.6 Å². The van der Waals surface area contributed by atoms with Gasteiger partial charge in [-0.3, -0.25) is 9.69 Å². The van der Waals surface area contributed by atoms with Crippen LogP contribution in [0, 0.1) is 28.6 Å². The number of carboxylic acid groups (broad SMARTS) is 2. The van der Waals surface area contributed by atoms with Gasteiger partial charge < -0.3 is 20.1 Å². The second-order valence-corrected chi connectivity index (χ2v) is 9.19. The third-order valence-corrected chi connectivity index (χ3v) is 6.29. The normalized spacial score (nSPS) is 13.4. The molecular formula is C29H28N6O6. The van der Waals surface area contributed by atoms with Crippen LogP contribution in [0.25, 0.3) is 11.5 Å². The van der Waals surface area contributed by atoms with Crippen LogP contribution >= 0.6 is 0 Å². The van der Waals surface area contributed by atoms with Gasteiger partial charge in [-0.05, 0) is 80.2 Å². The summed E-state index contributed by atoms with van der Waals surface area (Å²) < 4.78 is 5.19. The van der Waals surface area contributed by atoms with Crippen LogP contribution in [0.5, 0.6) is 0 Å². The number of carboxylic acids is 2. The van der Waals surface area contributed by atoms with E-state index in [9.17, 15) is 14.4 Å². The molecule has 3 aromatic rings. The fourth-order valence-corrected chi connectivity index (χ4v) is 4.11. The van der Waals surface area contributed by atoms with Gasteiger partial charge in [0, 0.05) is 30.8 Å². The van der Waals surface area contributed by atoms with Crippen LogP contribution in [0.3, 0.4) is 0 Å². The molecular weight excluding hydrogens is 528 g/mol. The molecule has 0 aliphatic carbocycles. The molecule has 0 spiro atoms. The van der Waals surface area contributed by atoms with Crippen molar-refractivity contribution in [1.82, 2.24) is 20.4 Å². The van der Waals surface area contributed by atoms with Gasteiger partial charge in [0.25, 0.3) is 17.6 Å². The number of nitrogens with zero attached hydrogens (tertiary/aromatic N) is 5. The molecule has 2 aromatic carbocycles. The summed E-state index contributed by atoms with van der Waals surface area (Å²) in [4.78, 5) is 38.1. The molecule has 4 rings (SSSR count). The summed E-state index contributed by atoms with van der Waals surface area (Å²) in [6.45, 7) is 3.52. The summed E-state index contributed by atoms with van der Waals surface area (Å²) >= 11 is 0. The lowest BCUT2D eigenvalue weighted by molar-refractivity contribution is -0.134. The molecule has 1 saturated heterocycles. The van der Waals surface area contributed by atoms with Gasteiger partial charge in [-0.1, -0.05) is 17.3 Å². The number of aromatic nitrogens is 2. The minimum absolute atomic E-state index is 0.00611. The van der Waals surface area contributed by atoms with E-state index in [1.165, 1.54) is 5.56 Å². The Morgan fingerprint density at radius 1 is 0.951 bits per heavy atom. The minimum atomic E-state index is -1.26. The van der Waals surface area contributed by atoms with Crippen LogP contribution < -0.4 is 5.32 Å². The summed E-state index contributed by atoms with van der Waals surface area (Å²) in [6.07, 6.45) is 4.22. The number of likely N-dealkylation sites (tertiary alicyclic amines) is 1. The number of rotatable bonds is 9. The van der Waals surface area contributed by atoms with Crippen molar-refractivity contribution in [1.29, 1.82) is 10.5 Å². The monoisotopic (exact) mass is 556 g/mol. The van der Waals surface area contributed by atoms with Crippen molar-refractivity contribution in [2.75, 3.05) is 19.6 Å². The quantitative estimate of drug-likeness (QED) is 0.328. The zero-order valence-electron chi connectivity index (χ0n) is 22.1. The average Bonchev–Trinajstić information content (AvgIpc) is 3.48. The Kier molecular flexibility index (Phi) is 11.3. The number of nitrogens with one attached hydrogen (secondary N) is 1. The van der Waals surface area contributed by atoms with Gasteiger partial charge in [-0.25, -0.2) is 9.59 Å². The number of hydrogen-bond acceptors (Lipinski definition) is 9. The summed E-state index contributed by atoms with van der Waals surface area (Å²) in [7, 11) is 0. The number of amides is 1. The topological polar surface area (TPSA) is 193 Å². The first kappa shape index (κ1) is 30.2. The van der Waals surface area contributed by atoms with Crippen molar-refractivity contribution in [2.24, 2.45) is 5.92 Å². The lowest BCUT2D eigenvalue weighted by atomic mass is 9.93. The Labute approximate surface area is 236 Å². The molecule has 1 aliphatic rings. The average molecular weight is 557 g/mol. The Morgan fingerprint density at radius 3 is 2.05 bits per heavy atom. The van der Waals surface area contributed by atoms with E-state index in [2.05, 4.69) is 32.5 Å². The summed E-state index contributed by atoms with van der Waals surface area (Å²) in [5.74, 6) is -2.04. The fraction of sp³-hybridized carbons (Fsp3) is 0.276. The van der Waals surface area contributed by atoms with E-state index in [1.54, 1.807) is 24.3 Å². The maximum Gasteiger partial charge on any atom is 0.328 e. The number of nitriles is 2. The predicted molar refractivity (Wildman–Crippen MR) is 145 cm³/mol. The van der Waals surface area contributed by atoms with Crippen molar-refractivity contribution in [3.63, 3.8) is 0 Å². The Hall–Kier alpha value is -5.33. The lowest BCUT2D eigenvalue weighted by Gasteiger charge is -2.32. The maximum absolute atomic E-state index is 12.4. The van der Waals surface area contributed by atoms with E-state index < -0.39 is 11.9 Å². The lowest BCUT2D eigenvalue weighted by Crippen LogP contribution is -2.35. The molecule has 1 aromatic heterocycles. The first-order chi connectivity index (χ1) is 19.8. The Balaban J connectivity index is 0.000000507. The molecule has 1 fully saturated rings. The van der Waals surface area contributed by atoms with Crippen LogP contribution in [0.15, 0.2) is 65.2 Å². The number of carbonyl (C=O) groups excluding carboxylic acids is 1. The smallest absolute Gasteiger partial charge is 0.328 e. The first-order valence-electron chi connectivity index (χ1n) is 12.7. The molecule has 0 saturated carbocycles. The van der Waals surface area contributed by atoms with Gasteiger partial charge in [-0.2, -0.15) is 15.5 Å². The second-order valence-electron chi connectivity index (χ2n) is 9.19. The zero-order chi connectivity index (χ0) is 29.6. The zero-order valence-corrected chi connectivity index (χ0v) is 22.1. The third-order valence-electron chi connectivity index (χ3n) is 6.29. The largest absolute Gasteiger partial charge is 0.478 e. The van der Waals surface area contributed by atoms with Gasteiger partial charge in [0.05, 0.1) is 23.3 Å². The van der Waals surface area contributed by atoms with Crippen molar-refractivity contribution in [2.45, 2.75) is 25.8 Å². The minimum Gasteiger partial charge on any atom is -0.478 e. The molecule has 0 unspecified atom stereocenters. The molecule has 2 heterocycles. The molecule has 12 heteroatoms. The molecule has 41 heavy (non-hydrogen) atoms. The van der Waals surface area contributed by atoms with Crippen LogP contribution in [-0.2, 0) is 16.1 Å². The van der Waals surface area contributed by atoms with E-state index in [0.717, 1.165) is 38.9 Å². The van der Waals surface area contributed by atoms with Gasteiger partial charge >= 0.3 is 11.9 Å². The number of hydrogen-bond donors (Lipinski definition) is 3. The Morgan fingerprint density at radius 2 is 1.51 bits per heavy atom. The van der Waals surface area contributed by atoms with Crippen LogP contribution in [0.2, 0.25) is 0 Å². The molecule has 0 bridgehead atoms. The van der Waals surface area contributed by atoms with E-state index in [4.69, 9.17) is 25.3 Å². The molecule has 3 N–H and O–H groups in total. The summed E-state index contributed by atoms with van der Waals surface area (Å²) in [6, 6.07) is 18.7. The highest BCUT2D eigenvalue weighted by Crippen LogP contribution is 2.22. The summed E-state index contributed by atoms with van der Waals surface area (Å²) in [5, 5.41) is 40.1. The highest BCUT2D eigenvalue weighted by Gasteiger charge is 2.20. The SMILES string of the molecule is N#Cc1ccc(CN2CCC(CCNC(=O)c3noc(-c4ccc(C#N)cc4)n3)CC2)cc1.O=C(O)C=CC(=O)O. The van der Waals surface area contributed by atoms with Crippen molar-refractivity contribution in [3.8, 4) is 23.6 Å². The molecule has 1 amide bonds. The number of piperidine rings is 1. The molecule has 210 valence electrons. The Bertz CT molecular complexity index is 1430. The number of benzene rings is 2. The first-order valence-corrected chi connectivity index (χ1v) is 12.7. The van der Waals surface area contributed by atoms with Crippen molar-refractivity contribution >= 4 is 17.8 Å². The second kappa shape index (κ2) is 15.3. The van der Waals surface area contributed by atoms with Crippen molar-refractivity contribution in [3.05, 3.63) is 83.2 Å². The van der Waals surface area contributed by atoms with Gasteiger partial charge in [0.15, 0.2) is 0 Å². The third kappa shape index (κ3) is 10.1. The predicted octanol–water partition coefficient (Wildman–Crippen LogP) is 3.22. The fourth-order valence-electron chi connectivity index (χ4n) is 4.11. The summed E-state index contributed by atoms with van der Waals surface area (Å²) in [5.41, 5.74) is 3.11. The highest BCUT2D eigenvalue weighted by molar-refractivity contribution is 5.90. The number of aliphatic carboxylic acids is 2. The van der Waals surface area contributed by atoms with Gasteiger partial charge in [-0.15, -0.1) is 0 Å². The van der Waals surface area contributed by atoms with Gasteiger partial charge in [0.1, 0.15) is 0 Å².